The molecule has 0 fully saturated rings. The summed E-state index contributed by atoms with van der Waals surface area (Å²) in [6, 6.07) is 7.73. The smallest absolute Gasteiger partial charge is 0.249 e. The lowest BCUT2D eigenvalue weighted by molar-refractivity contribution is -0.116. The van der Waals surface area contributed by atoms with E-state index in [2.05, 4.69) is 25.4 Å². The topological polar surface area (TPSA) is 90.0 Å². The van der Waals surface area contributed by atoms with Gasteiger partial charge in [-0.25, -0.2) is 9.50 Å². The van der Waals surface area contributed by atoms with Crippen molar-refractivity contribution in [1.82, 2.24) is 29.1 Å². The second-order valence-electron chi connectivity index (χ2n) is 5.58. The van der Waals surface area contributed by atoms with E-state index in [0.717, 1.165) is 16.8 Å². The number of nitrogens with one attached hydrogen (secondary N) is 1. The maximum atomic E-state index is 12.0. The van der Waals surface area contributed by atoms with Gasteiger partial charge >= 0.3 is 0 Å². The van der Waals surface area contributed by atoms with Crippen molar-refractivity contribution in [3.8, 4) is 11.1 Å². The van der Waals surface area contributed by atoms with Gasteiger partial charge in [-0.1, -0.05) is 6.07 Å². The highest BCUT2D eigenvalue weighted by Crippen LogP contribution is 2.22. The molecule has 0 radical (unpaired) electrons. The monoisotopic (exact) mass is 333 g/mol. The largest absolute Gasteiger partial charge is 0.328 e. The van der Waals surface area contributed by atoms with E-state index in [9.17, 15) is 4.79 Å². The third-order valence-electron chi connectivity index (χ3n) is 3.79. The normalized spacial score (nSPS) is 10.9. The zero-order valence-electron chi connectivity index (χ0n) is 13.5. The van der Waals surface area contributed by atoms with Crippen molar-refractivity contribution in [2.24, 2.45) is 0 Å². The average molecular weight is 333 g/mol. The molecule has 0 aliphatic heterocycles. The number of fused-ring (bicyclic) bond motifs is 1. The van der Waals surface area contributed by atoms with Crippen LogP contribution in [-0.2, 0) is 11.3 Å². The Kier molecular flexibility index (Phi) is 3.70. The lowest BCUT2D eigenvalue weighted by atomic mass is 10.1. The van der Waals surface area contributed by atoms with E-state index < -0.39 is 0 Å². The Labute approximate surface area is 143 Å². The number of amides is 1. The van der Waals surface area contributed by atoms with Gasteiger partial charge in [0, 0.05) is 41.6 Å². The maximum Gasteiger partial charge on any atom is 0.249 e. The average Bonchev–Trinajstić information content (AvgIpc) is 3.23. The second-order valence-corrected chi connectivity index (χ2v) is 5.58. The minimum atomic E-state index is -0.211. The van der Waals surface area contributed by atoms with Crippen LogP contribution in [-0.4, -0.2) is 35.0 Å². The highest BCUT2D eigenvalue weighted by molar-refractivity contribution is 5.89. The van der Waals surface area contributed by atoms with Crippen LogP contribution in [0.2, 0.25) is 0 Å². The standard InChI is InChI=1S/C17H15N7O/c1-12-14(3-2-6-19-12)13-4-5-15-20-17(22-24(15)9-13)21-16(25)10-23-8-7-18-11-23/h2-9,11H,10H2,1H3,(H,21,22,25). The predicted octanol–water partition coefficient (Wildman–Crippen LogP) is 1.93. The molecule has 0 aliphatic rings. The fraction of sp³-hybridized carbons (Fsp3) is 0.118. The van der Waals surface area contributed by atoms with Crippen LogP contribution in [0.3, 0.4) is 0 Å². The number of hydrogen-bond donors (Lipinski definition) is 1. The molecule has 0 atom stereocenters. The number of anilines is 1. The second kappa shape index (κ2) is 6.16. The van der Waals surface area contributed by atoms with E-state index in [1.807, 2.05) is 37.4 Å². The molecule has 1 N–H and O–H groups in total. The zero-order valence-corrected chi connectivity index (χ0v) is 13.5. The minimum absolute atomic E-state index is 0.162. The van der Waals surface area contributed by atoms with Crippen LogP contribution in [0.25, 0.3) is 16.8 Å². The molecule has 0 bridgehead atoms. The summed E-state index contributed by atoms with van der Waals surface area (Å²) in [4.78, 5) is 24.6. The highest BCUT2D eigenvalue weighted by atomic mass is 16.2. The first-order valence-electron chi connectivity index (χ1n) is 7.73. The fourth-order valence-electron chi connectivity index (χ4n) is 2.60. The number of pyridine rings is 2. The molecule has 0 aliphatic carbocycles. The van der Waals surface area contributed by atoms with Gasteiger partial charge in [0.1, 0.15) is 6.54 Å². The number of carbonyl (C=O) groups is 1. The van der Waals surface area contributed by atoms with Crippen molar-refractivity contribution in [3.63, 3.8) is 0 Å². The number of carbonyl (C=O) groups excluding carboxylic acids is 1. The van der Waals surface area contributed by atoms with Crippen LogP contribution >= 0.6 is 0 Å². The Balaban J connectivity index is 1.58. The van der Waals surface area contributed by atoms with E-state index in [-0.39, 0.29) is 18.4 Å². The predicted molar refractivity (Wildman–Crippen MR) is 91.8 cm³/mol. The molecule has 124 valence electrons. The number of rotatable bonds is 4. The van der Waals surface area contributed by atoms with Gasteiger partial charge in [0.05, 0.1) is 6.33 Å². The highest BCUT2D eigenvalue weighted by Gasteiger charge is 2.10. The molecule has 0 saturated heterocycles. The van der Waals surface area contributed by atoms with Crippen molar-refractivity contribution in [1.29, 1.82) is 0 Å². The molecule has 4 aromatic heterocycles. The molecule has 4 rings (SSSR count). The van der Waals surface area contributed by atoms with Crippen molar-refractivity contribution in [3.05, 3.63) is 61.1 Å². The molecule has 4 heterocycles. The van der Waals surface area contributed by atoms with Gasteiger partial charge in [-0.2, -0.15) is 4.98 Å². The van der Waals surface area contributed by atoms with E-state index in [0.29, 0.717) is 5.65 Å². The van der Waals surface area contributed by atoms with Gasteiger partial charge in [0.15, 0.2) is 5.65 Å². The van der Waals surface area contributed by atoms with Crippen molar-refractivity contribution >= 4 is 17.5 Å². The van der Waals surface area contributed by atoms with Crippen LogP contribution < -0.4 is 5.32 Å². The molecule has 25 heavy (non-hydrogen) atoms. The number of hydrogen-bond acceptors (Lipinski definition) is 5. The van der Waals surface area contributed by atoms with Gasteiger partial charge in [-0.3, -0.25) is 15.1 Å². The Morgan fingerprint density at radius 1 is 1.24 bits per heavy atom. The SMILES string of the molecule is Cc1ncccc1-c1ccc2nc(NC(=O)Cn3ccnc3)nn2c1. The van der Waals surface area contributed by atoms with Gasteiger partial charge in [-0.05, 0) is 25.1 Å². The molecular weight excluding hydrogens is 318 g/mol. The third-order valence-corrected chi connectivity index (χ3v) is 3.79. The third kappa shape index (κ3) is 3.09. The molecule has 0 saturated carbocycles. The van der Waals surface area contributed by atoms with Gasteiger partial charge in [-0.15, -0.1) is 5.10 Å². The van der Waals surface area contributed by atoms with Gasteiger partial charge < -0.3 is 4.57 Å². The Hall–Kier alpha value is -3.55. The van der Waals surface area contributed by atoms with Crippen molar-refractivity contribution in [2.45, 2.75) is 13.5 Å². The van der Waals surface area contributed by atoms with Crippen molar-refractivity contribution < 1.29 is 4.79 Å². The van der Waals surface area contributed by atoms with E-state index in [1.54, 1.807) is 34.0 Å². The molecule has 1 amide bonds. The Morgan fingerprint density at radius 2 is 2.16 bits per heavy atom. The summed E-state index contributed by atoms with van der Waals surface area (Å²) in [6.45, 7) is 2.12. The first-order valence-corrected chi connectivity index (χ1v) is 7.73. The van der Waals surface area contributed by atoms with E-state index in [1.165, 1.54) is 0 Å². The summed E-state index contributed by atoms with van der Waals surface area (Å²) in [5.41, 5.74) is 3.61. The zero-order chi connectivity index (χ0) is 17.2. The van der Waals surface area contributed by atoms with E-state index >= 15 is 0 Å². The first kappa shape index (κ1) is 15.0. The van der Waals surface area contributed by atoms with Gasteiger partial charge in [0.2, 0.25) is 11.9 Å². The van der Waals surface area contributed by atoms with Gasteiger partial charge in [0.25, 0.3) is 0 Å². The quantitative estimate of drug-likeness (QED) is 0.616. The molecule has 4 aromatic rings. The van der Waals surface area contributed by atoms with Crippen LogP contribution in [0.1, 0.15) is 5.69 Å². The first-order chi connectivity index (χ1) is 12.2. The summed E-state index contributed by atoms with van der Waals surface area (Å²) >= 11 is 0. The lowest BCUT2D eigenvalue weighted by Gasteiger charge is -2.04. The molecule has 8 nitrogen and oxygen atoms in total. The summed E-state index contributed by atoms with van der Waals surface area (Å²) in [5.74, 6) is 0.0578. The van der Waals surface area contributed by atoms with E-state index in [4.69, 9.17) is 0 Å². The summed E-state index contributed by atoms with van der Waals surface area (Å²) < 4.78 is 3.32. The molecular formula is C17H15N7O. The summed E-state index contributed by atoms with van der Waals surface area (Å²) in [7, 11) is 0. The van der Waals surface area contributed by atoms with Crippen LogP contribution in [0, 0.1) is 6.92 Å². The lowest BCUT2D eigenvalue weighted by Crippen LogP contribution is -2.18. The number of aromatic nitrogens is 6. The summed E-state index contributed by atoms with van der Waals surface area (Å²) in [5, 5.41) is 7.02. The fourth-order valence-corrected chi connectivity index (χ4v) is 2.60. The molecule has 0 unspecified atom stereocenters. The number of aryl methyl sites for hydroxylation is 1. The number of imidazole rings is 1. The number of nitrogens with zero attached hydrogens (tertiary/aromatic N) is 6. The maximum absolute atomic E-state index is 12.0. The minimum Gasteiger partial charge on any atom is -0.328 e. The molecule has 8 heteroatoms. The molecule has 0 spiro atoms. The summed E-state index contributed by atoms with van der Waals surface area (Å²) in [6.07, 6.45) is 8.56. The Bertz CT molecular complexity index is 1040. The van der Waals surface area contributed by atoms with Crippen LogP contribution in [0.15, 0.2) is 55.4 Å². The Morgan fingerprint density at radius 3 is 2.96 bits per heavy atom. The molecule has 0 aromatic carbocycles. The van der Waals surface area contributed by atoms with Crippen LogP contribution in [0.4, 0.5) is 5.95 Å². The van der Waals surface area contributed by atoms with Crippen molar-refractivity contribution in [2.75, 3.05) is 5.32 Å². The van der Waals surface area contributed by atoms with Crippen LogP contribution in [0.5, 0.6) is 0 Å².